The number of aromatic amines is 1. The Morgan fingerprint density at radius 2 is 2.00 bits per heavy atom. The first-order valence-corrected chi connectivity index (χ1v) is 10.3. The molecule has 0 aliphatic heterocycles. The third-order valence-corrected chi connectivity index (χ3v) is 5.43. The van der Waals surface area contributed by atoms with Crippen LogP contribution < -0.4 is 11.1 Å². The number of H-pyrrole nitrogens is 1. The summed E-state index contributed by atoms with van der Waals surface area (Å²) < 4.78 is 5.74. The van der Waals surface area contributed by atoms with Gasteiger partial charge in [-0.15, -0.1) is 0 Å². The van der Waals surface area contributed by atoms with Gasteiger partial charge in [0.15, 0.2) is 5.65 Å². The van der Waals surface area contributed by atoms with Crippen LogP contribution in [-0.4, -0.2) is 40.0 Å². The van der Waals surface area contributed by atoms with Crippen molar-refractivity contribution in [2.45, 2.75) is 26.3 Å². The summed E-state index contributed by atoms with van der Waals surface area (Å²) in [4.78, 5) is 28.2. The van der Waals surface area contributed by atoms with E-state index in [9.17, 15) is 4.79 Å². The first-order chi connectivity index (χ1) is 14.8. The largest absolute Gasteiger partial charge is 0.383 e. The number of nitrogens with one attached hydrogen (secondary N) is 2. The minimum Gasteiger partial charge on any atom is -0.383 e. The van der Waals surface area contributed by atoms with E-state index in [4.69, 9.17) is 10.8 Å². The number of nitrogens with zero attached hydrogens (tertiary/aromatic N) is 6. The molecular weight excluding hydrogens is 414 g/mol. The highest BCUT2D eigenvalue weighted by Crippen LogP contribution is 2.34. The Hall–Kier alpha value is -3.86. The lowest BCUT2D eigenvalue weighted by molar-refractivity contribution is 0.102. The second-order valence-corrected chi connectivity index (χ2v) is 8.85. The molecule has 0 saturated carbocycles. The number of nitrogen functional groups attached to an aromatic ring is 1. The standard InChI is InChI=1S/C20H19N9OS/c1-20(2,3)29-17-14(16(21)22-8-23-17)15(28-29)11-5-4-10-6-13(26-12(10)7-11)18(30)27-19-24-9-25-31-19/h4-9,26H,1-3H3,(H2,21,22,23)(H,24,25,27,30). The molecule has 1 aromatic carbocycles. The summed E-state index contributed by atoms with van der Waals surface area (Å²) in [5.41, 5.74) is 9.36. The second kappa shape index (κ2) is 6.84. The maximum Gasteiger partial charge on any atom is 0.273 e. The molecule has 11 heteroatoms. The predicted octanol–water partition coefficient (Wildman–Crippen LogP) is 3.42. The number of fused-ring (bicyclic) bond motifs is 2. The van der Waals surface area contributed by atoms with E-state index in [1.54, 1.807) is 6.07 Å². The van der Waals surface area contributed by atoms with Crippen LogP contribution in [0.15, 0.2) is 36.9 Å². The molecular formula is C20H19N9OS. The number of aromatic nitrogens is 7. The number of hydrogen-bond acceptors (Lipinski definition) is 8. The summed E-state index contributed by atoms with van der Waals surface area (Å²) in [6, 6.07) is 7.62. The van der Waals surface area contributed by atoms with E-state index in [-0.39, 0.29) is 11.4 Å². The molecule has 1 amide bonds. The van der Waals surface area contributed by atoms with Gasteiger partial charge in [0.1, 0.15) is 29.9 Å². The van der Waals surface area contributed by atoms with Gasteiger partial charge in [0.05, 0.1) is 10.9 Å². The third-order valence-electron chi connectivity index (χ3n) is 4.85. The summed E-state index contributed by atoms with van der Waals surface area (Å²) in [5, 5.41) is 9.59. The Morgan fingerprint density at radius 3 is 2.74 bits per heavy atom. The van der Waals surface area contributed by atoms with Gasteiger partial charge < -0.3 is 10.7 Å². The molecule has 0 aliphatic carbocycles. The first-order valence-electron chi connectivity index (χ1n) is 9.52. The van der Waals surface area contributed by atoms with Crippen LogP contribution in [0.3, 0.4) is 0 Å². The number of nitrogens with two attached hydrogens (primary N) is 1. The molecule has 5 aromatic rings. The summed E-state index contributed by atoms with van der Waals surface area (Å²) in [6.45, 7) is 6.16. The zero-order valence-corrected chi connectivity index (χ0v) is 17.9. The molecule has 0 atom stereocenters. The minimum absolute atomic E-state index is 0.283. The minimum atomic E-state index is -0.288. The van der Waals surface area contributed by atoms with Crippen LogP contribution in [-0.2, 0) is 5.54 Å². The lowest BCUT2D eigenvalue weighted by Gasteiger charge is -2.19. The van der Waals surface area contributed by atoms with Gasteiger partial charge in [-0.3, -0.25) is 10.1 Å². The van der Waals surface area contributed by atoms with Gasteiger partial charge >= 0.3 is 0 Å². The highest BCUT2D eigenvalue weighted by molar-refractivity contribution is 7.09. The topological polar surface area (TPSA) is 140 Å². The number of hydrogen-bond donors (Lipinski definition) is 3. The van der Waals surface area contributed by atoms with Gasteiger partial charge in [0.2, 0.25) is 5.13 Å². The molecule has 4 N–H and O–H groups in total. The van der Waals surface area contributed by atoms with Gasteiger partial charge in [-0.2, -0.15) is 9.47 Å². The van der Waals surface area contributed by atoms with E-state index in [1.165, 1.54) is 12.7 Å². The lowest BCUT2D eigenvalue weighted by atomic mass is 10.1. The fourth-order valence-corrected chi connectivity index (χ4v) is 3.86. The van der Waals surface area contributed by atoms with Crippen LogP contribution in [0.25, 0.3) is 33.2 Å². The zero-order valence-electron chi connectivity index (χ0n) is 17.0. The van der Waals surface area contributed by atoms with Crippen LogP contribution >= 0.6 is 11.5 Å². The van der Waals surface area contributed by atoms with Crippen LogP contribution in [0.1, 0.15) is 31.3 Å². The zero-order chi connectivity index (χ0) is 21.8. The molecule has 0 bridgehead atoms. The Bertz CT molecular complexity index is 1430. The van der Waals surface area contributed by atoms with Gasteiger partial charge in [-0.1, -0.05) is 12.1 Å². The average molecular weight is 434 g/mol. The molecule has 0 unspecified atom stereocenters. The fourth-order valence-electron chi connectivity index (χ4n) is 3.43. The smallest absolute Gasteiger partial charge is 0.273 e. The maximum atomic E-state index is 12.5. The van der Waals surface area contributed by atoms with Crippen molar-refractivity contribution < 1.29 is 4.79 Å². The van der Waals surface area contributed by atoms with Gasteiger partial charge in [-0.05, 0) is 32.9 Å². The van der Waals surface area contributed by atoms with Gasteiger partial charge in [0.25, 0.3) is 5.91 Å². The maximum absolute atomic E-state index is 12.5. The molecule has 0 fully saturated rings. The van der Waals surface area contributed by atoms with E-state index in [2.05, 4.69) is 50.4 Å². The summed E-state index contributed by atoms with van der Waals surface area (Å²) in [6.07, 6.45) is 2.84. The fraction of sp³-hybridized carbons (Fsp3) is 0.200. The van der Waals surface area contributed by atoms with E-state index in [1.807, 2.05) is 22.9 Å². The molecule has 31 heavy (non-hydrogen) atoms. The Labute approximate surface area is 180 Å². The van der Waals surface area contributed by atoms with E-state index < -0.39 is 0 Å². The van der Waals surface area contributed by atoms with E-state index >= 15 is 0 Å². The SMILES string of the molecule is CC(C)(C)n1nc(-c2ccc3cc(C(=O)Nc4ncns4)[nH]c3c2)c2c(N)ncnc21. The van der Waals surface area contributed by atoms with Crippen molar-refractivity contribution in [1.82, 2.24) is 34.1 Å². The van der Waals surface area contributed by atoms with Crippen LogP contribution in [0.2, 0.25) is 0 Å². The number of carbonyl (C=O) groups is 1. The summed E-state index contributed by atoms with van der Waals surface area (Å²) in [5.74, 6) is 0.0915. The number of benzene rings is 1. The number of carbonyl (C=O) groups excluding carboxylic acids is 1. The van der Waals surface area contributed by atoms with Crippen molar-refractivity contribution in [3.05, 3.63) is 42.6 Å². The quantitative estimate of drug-likeness (QED) is 0.396. The molecule has 156 valence electrons. The molecule has 0 aliphatic rings. The number of anilines is 2. The van der Waals surface area contributed by atoms with Crippen LogP contribution in [0.4, 0.5) is 10.9 Å². The molecule has 0 spiro atoms. The van der Waals surface area contributed by atoms with Crippen LogP contribution in [0, 0.1) is 0 Å². The monoisotopic (exact) mass is 433 g/mol. The number of amides is 1. The van der Waals surface area contributed by atoms with Gasteiger partial charge in [-0.25, -0.2) is 19.6 Å². The first kappa shape index (κ1) is 19.1. The Morgan fingerprint density at radius 1 is 1.16 bits per heavy atom. The number of rotatable bonds is 3. The average Bonchev–Trinajstić information content (AvgIpc) is 3.45. The Kier molecular flexibility index (Phi) is 4.22. The molecule has 5 rings (SSSR count). The molecule has 4 aromatic heterocycles. The highest BCUT2D eigenvalue weighted by Gasteiger charge is 2.24. The molecule has 0 saturated heterocycles. The molecule has 4 heterocycles. The van der Waals surface area contributed by atoms with Crippen molar-refractivity contribution in [2.24, 2.45) is 0 Å². The van der Waals surface area contributed by atoms with Crippen molar-refractivity contribution in [2.75, 3.05) is 11.1 Å². The van der Waals surface area contributed by atoms with E-state index in [0.717, 1.165) is 28.0 Å². The molecule has 0 radical (unpaired) electrons. The van der Waals surface area contributed by atoms with Crippen molar-refractivity contribution >= 4 is 50.3 Å². The summed E-state index contributed by atoms with van der Waals surface area (Å²) in [7, 11) is 0. The van der Waals surface area contributed by atoms with Crippen molar-refractivity contribution in [3.63, 3.8) is 0 Å². The second-order valence-electron chi connectivity index (χ2n) is 8.07. The van der Waals surface area contributed by atoms with E-state index in [0.29, 0.717) is 33.4 Å². The molecule has 10 nitrogen and oxygen atoms in total. The normalized spacial score (nSPS) is 12.0. The van der Waals surface area contributed by atoms with Crippen molar-refractivity contribution in [1.29, 1.82) is 0 Å². The lowest BCUT2D eigenvalue weighted by Crippen LogP contribution is -2.23. The third kappa shape index (κ3) is 3.28. The van der Waals surface area contributed by atoms with Crippen molar-refractivity contribution in [3.8, 4) is 11.3 Å². The highest BCUT2D eigenvalue weighted by atomic mass is 32.1. The Balaban J connectivity index is 1.60. The summed E-state index contributed by atoms with van der Waals surface area (Å²) >= 11 is 1.12. The van der Waals surface area contributed by atoms with Crippen LogP contribution in [0.5, 0.6) is 0 Å². The predicted molar refractivity (Wildman–Crippen MR) is 120 cm³/mol. The van der Waals surface area contributed by atoms with Gasteiger partial charge in [0, 0.05) is 28.0 Å².